The Kier molecular flexibility index (Phi) is 6.79. The molecule has 4 aromatic carbocycles. The second-order valence-corrected chi connectivity index (χ2v) is 9.63. The molecule has 0 saturated heterocycles. The number of rotatable bonds is 8. The Balaban J connectivity index is 1.56. The van der Waals surface area contributed by atoms with Gasteiger partial charge >= 0.3 is 0 Å². The molecule has 0 unspecified atom stereocenters. The van der Waals surface area contributed by atoms with Crippen molar-refractivity contribution >= 4 is 49.4 Å². The summed E-state index contributed by atoms with van der Waals surface area (Å²) in [4.78, 5) is 12.6. The SMILES string of the molecule is CCOc1ccc(N(CC(=O)N/N=C/c2c3ccccc3cc3ccccc23)S(C)(=O)=O)cc1. The summed E-state index contributed by atoms with van der Waals surface area (Å²) in [7, 11) is -3.69. The molecule has 1 N–H and O–H groups in total. The van der Waals surface area contributed by atoms with Crippen LogP contribution in [0.5, 0.6) is 5.75 Å². The quantitative estimate of drug-likeness (QED) is 0.234. The molecule has 0 aromatic heterocycles. The van der Waals surface area contributed by atoms with Crippen LogP contribution in [0.25, 0.3) is 21.5 Å². The lowest BCUT2D eigenvalue weighted by Gasteiger charge is -2.21. The van der Waals surface area contributed by atoms with Crippen LogP contribution in [-0.2, 0) is 14.8 Å². The number of benzene rings is 4. The smallest absolute Gasteiger partial charge is 0.260 e. The van der Waals surface area contributed by atoms with Crippen LogP contribution in [0.2, 0.25) is 0 Å². The van der Waals surface area contributed by atoms with Gasteiger partial charge in [0, 0.05) is 5.56 Å². The number of ether oxygens (including phenoxy) is 1. The highest BCUT2D eigenvalue weighted by Gasteiger charge is 2.20. The van der Waals surface area contributed by atoms with Crippen molar-refractivity contribution in [1.82, 2.24) is 5.43 Å². The summed E-state index contributed by atoms with van der Waals surface area (Å²) in [6, 6.07) is 24.6. The number of nitrogens with zero attached hydrogens (tertiary/aromatic N) is 2. The number of anilines is 1. The first-order valence-corrected chi connectivity index (χ1v) is 12.6. The number of amides is 1. The van der Waals surface area contributed by atoms with Crippen LogP contribution < -0.4 is 14.5 Å². The molecular weight excluding hydrogens is 450 g/mol. The molecule has 0 radical (unpaired) electrons. The van der Waals surface area contributed by atoms with Gasteiger partial charge in [0.15, 0.2) is 0 Å². The summed E-state index contributed by atoms with van der Waals surface area (Å²) in [5.74, 6) is 0.0659. The second-order valence-electron chi connectivity index (χ2n) is 7.72. The minimum Gasteiger partial charge on any atom is -0.494 e. The lowest BCUT2D eigenvalue weighted by Crippen LogP contribution is -2.39. The number of hydrogen-bond acceptors (Lipinski definition) is 5. The first-order chi connectivity index (χ1) is 16.4. The average molecular weight is 476 g/mol. The van der Waals surface area contributed by atoms with Gasteiger partial charge in [-0.2, -0.15) is 5.10 Å². The molecule has 0 aliphatic carbocycles. The van der Waals surface area contributed by atoms with Gasteiger partial charge in [-0.05, 0) is 58.8 Å². The molecule has 174 valence electrons. The summed E-state index contributed by atoms with van der Waals surface area (Å²) in [5.41, 5.74) is 3.71. The summed E-state index contributed by atoms with van der Waals surface area (Å²) in [5, 5.41) is 8.28. The zero-order valence-electron chi connectivity index (χ0n) is 18.9. The summed E-state index contributed by atoms with van der Waals surface area (Å²) in [6.45, 7) is 1.96. The highest BCUT2D eigenvalue weighted by molar-refractivity contribution is 7.92. The Morgan fingerprint density at radius 3 is 2.12 bits per heavy atom. The Morgan fingerprint density at radius 1 is 0.971 bits per heavy atom. The number of nitrogens with one attached hydrogen (secondary N) is 1. The van der Waals surface area contributed by atoms with Crippen molar-refractivity contribution in [2.45, 2.75) is 6.92 Å². The Morgan fingerprint density at radius 2 is 1.56 bits per heavy atom. The molecule has 4 aromatic rings. The molecule has 0 aliphatic heterocycles. The lowest BCUT2D eigenvalue weighted by atomic mass is 9.97. The molecule has 8 heteroatoms. The predicted molar refractivity (Wildman–Crippen MR) is 137 cm³/mol. The fraction of sp³-hybridized carbons (Fsp3) is 0.154. The van der Waals surface area contributed by atoms with Crippen molar-refractivity contribution in [3.63, 3.8) is 0 Å². The van der Waals surface area contributed by atoms with E-state index in [4.69, 9.17) is 4.74 Å². The maximum Gasteiger partial charge on any atom is 0.260 e. The molecular formula is C26H25N3O4S. The zero-order chi connectivity index (χ0) is 24.1. The molecule has 34 heavy (non-hydrogen) atoms. The predicted octanol–water partition coefficient (Wildman–Crippen LogP) is 4.31. The maximum absolute atomic E-state index is 12.6. The van der Waals surface area contributed by atoms with E-state index in [2.05, 4.69) is 16.6 Å². The van der Waals surface area contributed by atoms with E-state index >= 15 is 0 Å². The zero-order valence-corrected chi connectivity index (χ0v) is 19.7. The highest BCUT2D eigenvalue weighted by Crippen LogP contribution is 2.27. The van der Waals surface area contributed by atoms with Crippen molar-refractivity contribution in [1.29, 1.82) is 0 Å². The third kappa shape index (κ3) is 5.18. The minimum atomic E-state index is -3.69. The van der Waals surface area contributed by atoms with Gasteiger partial charge in [-0.1, -0.05) is 48.5 Å². The van der Waals surface area contributed by atoms with Gasteiger partial charge in [-0.3, -0.25) is 9.10 Å². The summed E-state index contributed by atoms with van der Waals surface area (Å²) in [6.07, 6.45) is 2.66. The number of sulfonamides is 1. The van der Waals surface area contributed by atoms with E-state index in [0.29, 0.717) is 18.0 Å². The van der Waals surface area contributed by atoms with E-state index < -0.39 is 22.5 Å². The van der Waals surface area contributed by atoms with Gasteiger partial charge in [0.2, 0.25) is 10.0 Å². The van der Waals surface area contributed by atoms with Crippen LogP contribution in [-0.4, -0.2) is 39.9 Å². The number of hydrazone groups is 1. The topological polar surface area (TPSA) is 88.1 Å². The van der Waals surface area contributed by atoms with E-state index in [9.17, 15) is 13.2 Å². The largest absolute Gasteiger partial charge is 0.494 e. The van der Waals surface area contributed by atoms with E-state index in [1.807, 2.05) is 55.5 Å². The van der Waals surface area contributed by atoms with Crippen LogP contribution in [0, 0.1) is 0 Å². The van der Waals surface area contributed by atoms with Crippen molar-refractivity contribution in [2.24, 2.45) is 5.10 Å². The molecule has 0 heterocycles. The fourth-order valence-electron chi connectivity index (χ4n) is 3.80. The van der Waals surface area contributed by atoms with Gasteiger partial charge in [-0.25, -0.2) is 13.8 Å². The molecule has 0 bridgehead atoms. The van der Waals surface area contributed by atoms with E-state index in [-0.39, 0.29) is 0 Å². The molecule has 0 aliphatic rings. The van der Waals surface area contributed by atoms with Crippen molar-refractivity contribution in [3.8, 4) is 5.75 Å². The van der Waals surface area contributed by atoms with Gasteiger partial charge in [0.25, 0.3) is 5.91 Å². The first kappa shape index (κ1) is 23.3. The first-order valence-electron chi connectivity index (χ1n) is 10.8. The van der Waals surface area contributed by atoms with Crippen LogP contribution in [0.4, 0.5) is 5.69 Å². The van der Waals surface area contributed by atoms with Crippen LogP contribution in [0.1, 0.15) is 12.5 Å². The Labute approximate surface area is 198 Å². The molecule has 0 saturated carbocycles. The fourth-order valence-corrected chi connectivity index (χ4v) is 4.65. The van der Waals surface area contributed by atoms with Gasteiger partial charge < -0.3 is 4.74 Å². The highest BCUT2D eigenvalue weighted by atomic mass is 32.2. The number of carbonyl (C=O) groups excluding carboxylic acids is 1. The maximum atomic E-state index is 12.6. The molecule has 1 amide bonds. The van der Waals surface area contributed by atoms with Crippen LogP contribution in [0.15, 0.2) is 84.0 Å². The number of fused-ring (bicyclic) bond motifs is 2. The van der Waals surface area contributed by atoms with E-state index in [1.165, 1.54) is 0 Å². The second kappa shape index (κ2) is 9.93. The van der Waals surface area contributed by atoms with Crippen molar-refractivity contribution in [3.05, 3.63) is 84.4 Å². The molecule has 0 spiro atoms. The average Bonchev–Trinajstić information content (AvgIpc) is 2.82. The van der Waals surface area contributed by atoms with Crippen LogP contribution >= 0.6 is 0 Å². The third-order valence-electron chi connectivity index (χ3n) is 5.32. The molecule has 7 nitrogen and oxygen atoms in total. The van der Waals surface area contributed by atoms with Gasteiger partial charge in [-0.15, -0.1) is 0 Å². The monoisotopic (exact) mass is 475 g/mol. The molecule has 0 fully saturated rings. The Hall–Kier alpha value is -3.91. The van der Waals surface area contributed by atoms with Crippen LogP contribution in [0.3, 0.4) is 0 Å². The lowest BCUT2D eigenvalue weighted by molar-refractivity contribution is -0.119. The van der Waals surface area contributed by atoms with Gasteiger partial charge in [0.05, 0.1) is 24.8 Å². The summed E-state index contributed by atoms with van der Waals surface area (Å²) < 4.78 is 31.1. The van der Waals surface area contributed by atoms with Crippen molar-refractivity contribution in [2.75, 3.05) is 23.7 Å². The minimum absolute atomic E-state index is 0.366. The number of carbonyl (C=O) groups is 1. The van der Waals surface area contributed by atoms with Crippen molar-refractivity contribution < 1.29 is 17.9 Å². The molecule has 4 rings (SSSR count). The summed E-state index contributed by atoms with van der Waals surface area (Å²) >= 11 is 0. The number of hydrogen-bond donors (Lipinski definition) is 1. The van der Waals surface area contributed by atoms with E-state index in [1.54, 1.807) is 30.5 Å². The third-order valence-corrected chi connectivity index (χ3v) is 6.46. The van der Waals surface area contributed by atoms with Gasteiger partial charge in [0.1, 0.15) is 12.3 Å². The standard InChI is InChI=1S/C26H25N3O4S/c1-3-33-22-14-12-21(13-15-22)29(34(2,31)32)18-26(30)28-27-17-25-23-10-6-4-8-19(23)16-20-9-5-7-11-24(20)25/h4-17H,3,18H2,1-2H3,(H,28,30)/b27-17+. The van der Waals surface area contributed by atoms with E-state index in [0.717, 1.165) is 37.7 Å². The Bertz CT molecular complexity index is 1410. The molecule has 0 atom stereocenters. The normalized spacial score (nSPS) is 11.7.